The second-order valence-corrected chi connectivity index (χ2v) is 6.16. The lowest BCUT2D eigenvalue weighted by molar-refractivity contribution is 0.472. The van der Waals surface area contributed by atoms with Crippen LogP contribution in [-0.4, -0.2) is 14.8 Å². The zero-order valence-corrected chi connectivity index (χ0v) is 12.6. The van der Waals surface area contributed by atoms with Crippen molar-refractivity contribution in [3.05, 3.63) is 35.4 Å². The normalized spacial score (nSPS) is 11.2. The van der Waals surface area contributed by atoms with Crippen LogP contribution in [0.5, 0.6) is 0 Å². The number of hydrogen-bond acceptors (Lipinski definition) is 4. The van der Waals surface area contributed by atoms with E-state index in [1.807, 2.05) is 16.8 Å². The number of rotatable bonds is 5. The lowest BCUT2D eigenvalue weighted by Gasteiger charge is -2.09. The van der Waals surface area contributed by atoms with E-state index in [-0.39, 0.29) is 0 Å². The average Bonchev–Trinajstić information content (AvgIpc) is 2.77. The van der Waals surface area contributed by atoms with E-state index in [4.69, 9.17) is 17.3 Å². The predicted octanol–water partition coefficient (Wildman–Crippen LogP) is 3.46. The van der Waals surface area contributed by atoms with Gasteiger partial charge in [-0.25, -0.2) is 9.67 Å². The highest BCUT2D eigenvalue weighted by molar-refractivity contribution is 7.98. The van der Waals surface area contributed by atoms with Crippen LogP contribution in [0, 0.1) is 5.92 Å². The molecule has 0 aliphatic heterocycles. The molecule has 0 fully saturated rings. The predicted molar refractivity (Wildman–Crippen MR) is 80.3 cm³/mol. The van der Waals surface area contributed by atoms with Gasteiger partial charge in [-0.2, -0.15) is 5.10 Å². The van der Waals surface area contributed by atoms with Gasteiger partial charge in [0, 0.05) is 17.1 Å². The van der Waals surface area contributed by atoms with Crippen molar-refractivity contribution >= 4 is 29.1 Å². The van der Waals surface area contributed by atoms with E-state index in [1.165, 1.54) is 0 Å². The number of thioether (sulfide) groups is 1. The quantitative estimate of drug-likeness (QED) is 0.678. The van der Waals surface area contributed by atoms with Crippen LogP contribution in [0.4, 0.5) is 5.69 Å². The second-order valence-electron chi connectivity index (χ2n) is 4.73. The third kappa shape index (κ3) is 3.88. The van der Waals surface area contributed by atoms with Gasteiger partial charge in [-0.3, -0.25) is 0 Å². The molecule has 1 aromatic carbocycles. The highest BCUT2D eigenvalue weighted by Crippen LogP contribution is 2.30. The summed E-state index contributed by atoms with van der Waals surface area (Å²) in [5.74, 6) is 2.23. The maximum atomic E-state index is 6.14. The zero-order valence-electron chi connectivity index (χ0n) is 11.0. The van der Waals surface area contributed by atoms with Crippen LogP contribution in [0.2, 0.25) is 5.02 Å². The minimum absolute atomic E-state index is 0.543. The van der Waals surface area contributed by atoms with Crippen LogP contribution in [0.1, 0.15) is 19.7 Å². The molecule has 6 heteroatoms. The highest BCUT2D eigenvalue weighted by atomic mass is 35.5. The van der Waals surface area contributed by atoms with Crippen molar-refractivity contribution in [3.63, 3.8) is 0 Å². The van der Waals surface area contributed by atoms with Gasteiger partial charge >= 0.3 is 0 Å². The molecule has 1 heterocycles. The number of anilines is 1. The Hall–Kier alpha value is -1.20. The molecule has 0 spiro atoms. The Labute approximate surface area is 122 Å². The van der Waals surface area contributed by atoms with Gasteiger partial charge in [0.15, 0.2) is 0 Å². The van der Waals surface area contributed by atoms with Gasteiger partial charge in [0.05, 0.1) is 10.8 Å². The van der Waals surface area contributed by atoms with E-state index in [1.54, 1.807) is 24.2 Å². The van der Waals surface area contributed by atoms with Crippen LogP contribution >= 0.6 is 23.4 Å². The molecular formula is C13H17ClN4S. The third-order valence-electron chi connectivity index (χ3n) is 2.55. The lowest BCUT2D eigenvalue weighted by Crippen LogP contribution is -2.09. The van der Waals surface area contributed by atoms with Gasteiger partial charge in [0.2, 0.25) is 0 Å². The van der Waals surface area contributed by atoms with Gasteiger partial charge in [0.1, 0.15) is 12.2 Å². The second kappa shape index (κ2) is 6.30. The molecule has 19 heavy (non-hydrogen) atoms. The minimum atomic E-state index is 0.543. The Morgan fingerprint density at radius 2 is 2.21 bits per heavy atom. The lowest BCUT2D eigenvalue weighted by atomic mass is 10.2. The number of halogens is 1. The molecule has 0 aliphatic carbocycles. The van der Waals surface area contributed by atoms with E-state index in [2.05, 4.69) is 23.9 Å². The van der Waals surface area contributed by atoms with Gasteiger partial charge in [0.25, 0.3) is 0 Å². The van der Waals surface area contributed by atoms with Crippen molar-refractivity contribution in [1.82, 2.24) is 14.8 Å². The van der Waals surface area contributed by atoms with Crippen molar-refractivity contribution in [2.24, 2.45) is 5.92 Å². The fraction of sp³-hybridized carbons (Fsp3) is 0.385. The van der Waals surface area contributed by atoms with Crippen molar-refractivity contribution in [1.29, 1.82) is 0 Å². The molecule has 0 saturated carbocycles. The van der Waals surface area contributed by atoms with Crippen LogP contribution in [0.25, 0.3) is 0 Å². The van der Waals surface area contributed by atoms with E-state index >= 15 is 0 Å². The first-order valence-electron chi connectivity index (χ1n) is 6.10. The van der Waals surface area contributed by atoms with Gasteiger partial charge in [-0.05, 0) is 24.1 Å². The molecule has 2 N–H and O–H groups in total. The van der Waals surface area contributed by atoms with Crippen LogP contribution in [0.3, 0.4) is 0 Å². The number of hydrogen-bond donors (Lipinski definition) is 1. The fourth-order valence-electron chi connectivity index (χ4n) is 1.67. The standard InChI is InChI=1S/C13H17ClN4S/c1-9(2)6-18-13(16-8-17-18)7-19-12-5-10(15)3-4-11(12)14/h3-5,8-9H,6-7,15H2,1-2H3. The topological polar surface area (TPSA) is 56.7 Å². The molecule has 0 saturated heterocycles. The SMILES string of the molecule is CC(C)Cn1ncnc1CSc1cc(N)ccc1Cl. The summed E-state index contributed by atoms with van der Waals surface area (Å²) in [7, 11) is 0. The molecule has 0 aliphatic rings. The van der Waals surface area contributed by atoms with E-state index in [9.17, 15) is 0 Å². The first-order valence-corrected chi connectivity index (χ1v) is 7.47. The Bertz CT molecular complexity index is 553. The summed E-state index contributed by atoms with van der Waals surface area (Å²) in [4.78, 5) is 5.27. The molecule has 0 atom stereocenters. The van der Waals surface area contributed by atoms with E-state index < -0.39 is 0 Å². The molecule has 0 radical (unpaired) electrons. The molecule has 2 aromatic rings. The summed E-state index contributed by atoms with van der Waals surface area (Å²) < 4.78 is 1.94. The van der Waals surface area contributed by atoms with Crippen molar-refractivity contribution in [2.75, 3.05) is 5.73 Å². The molecule has 0 unspecified atom stereocenters. The Morgan fingerprint density at radius 1 is 1.42 bits per heavy atom. The summed E-state index contributed by atoms with van der Waals surface area (Å²) >= 11 is 7.77. The minimum Gasteiger partial charge on any atom is -0.399 e. The maximum Gasteiger partial charge on any atom is 0.138 e. The number of nitrogens with zero attached hydrogens (tertiary/aromatic N) is 3. The van der Waals surface area contributed by atoms with E-state index in [0.29, 0.717) is 10.9 Å². The van der Waals surface area contributed by atoms with Crippen LogP contribution in [-0.2, 0) is 12.3 Å². The van der Waals surface area contributed by atoms with Crippen molar-refractivity contribution in [2.45, 2.75) is 31.0 Å². The summed E-state index contributed by atoms with van der Waals surface area (Å²) in [6, 6.07) is 5.50. The number of aromatic nitrogens is 3. The molecule has 0 amide bonds. The number of nitrogens with two attached hydrogens (primary N) is 1. The summed E-state index contributed by atoms with van der Waals surface area (Å²) in [6.45, 7) is 5.20. The first kappa shape index (κ1) is 14.2. The largest absolute Gasteiger partial charge is 0.399 e. The monoisotopic (exact) mass is 296 g/mol. The van der Waals surface area contributed by atoms with Crippen molar-refractivity contribution in [3.8, 4) is 0 Å². The number of nitrogen functional groups attached to an aromatic ring is 1. The molecule has 4 nitrogen and oxygen atoms in total. The first-order chi connectivity index (χ1) is 9.06. The smallest absolute Gasteiger partial charge is 0.138 e. The Morgan fingerprint density at radius 3 is 2.95 bits per heavy atom. The van der Waals surface area contributed by atoms with Gasteiger partial charge in [-0.1, -0.05) is 25.4 Å². The van der Waals surface area contributed by atoms with E-state index in [0.717, 1.165) is 28.7 Å². The summed E-state index contributed by atoms with van der Waals surface area (Å²) in [5, 5.41) is 4.96. The zero-order chi connectivity index (χ0) is 13.8. The van der Waals surface area contributed by atoms with Crippen molar-refractivity contribution < 1.29 is 0 Å². The average molecular weight is 297 g/mol. The van der Waals surface area contributed by atoms with Gasteiger partial charge < -0.3 is 5.73 Å². The highest BCUT2D eigenvalue weighted by Gasteiger charge is 2.08. The molecule has 0 bridgehead atoms. The maximum absolute atomic E-state index is 6.14. The third-order valence-corrected chi connectivity index (χ3v) is 4.04. The molecule has 1 aromatic heterocycles. The summed E-state index contributed by atoms with van der Waals surface area (Å²) in [5.41, 5.74) is 6.49. The number of benzene rings is 1. The van der Waals surface area contributed by atoms with Crippen LogP contribution in [0.15, 0.2) is 29.4 Å². The molecular weight excluding hydrogens is 280 g/mol. The Kier molecular flexibility index (Phi) is 4.71. The molecule has 2 rings (SSSR count). The van der Waals surface area contributed by atoms with Crippen LogP contribution < -0.4 is 5.73 Å². The van der Waals surface area contributed by atoms with Gasteiger partial charge in [-0.15, -0.1) is 11.8 Å². The fourth-order valence-corrected chi connectivity index (χ4v) is 2.89. The summed E-state index contributed by atoms with van der Waals surface area (Å²) in [6.07, 6.45) is 1.60. The Balaban J connectivity index is 2.06. The molecule has 102 valence electrons.